The van der Waals surface area contributed by atoms with Crippen molar-refractivity contribution < 1.29 is 41.8 Å². The third kappa shape index (κ3) is 6.66. The smallest absolute Gasteiger partial charge is 0.392 e. The summed E-state index contributed by atoms with van der Waals surface area (Å²) in [4.78, 5) is 18.5. The molecule has 6 aliphatic rings. The summed E-state index contributed by atoms with van der Waals surface area (Å²) in [5.41, 5.74) is 1.85. The van der Waals surface area contributed by atoms with Crippen LogP contribution in [0.1, 0.15) is 64.2 Å². The molecule has 39 heavy (non-hydrogen) atoms. The first-order valence-corrected chi connectivity index (χ1v) is 14.4. The molecule has 5 N–H and O–H groups in total. The molecule has 0 spiro atoms. The number of fused-ring (bicyclic) bond motifs is 3. The lowest BCUT2D eigenvalue weighted by Crippen LogP contribution is -2.66. The standard InChI is InChI=1S/C25H39ClF4N4O5/c26-16-3-1-14(9-17(16)27)38-13-21(36)33-23-5-7-24(8-6-23,19(35)10-23)22-32-20(34-39-22)12-37-15-2-4-18(31-11-15)25(28,29)30/h14-20,22,31-32,34-35H,1-13H2,(H,33,36). The molecule has 9 nitrogen and oxygen atoms in total. The van der Waals surface area contributed by atoms with E-state index < -0.39 is 47.1 Å². The molecule has 0 aromatic carbocycles. The SMILES string of the molecule is O=C(COC1CCC(Cl)C(F)C1)NC12CCC(C3NC(COC4CCC(C(F)(F)F)NC4)NO3)(CC1)C(O)C2. The number of carbonyl (C=O) groups is 1. The van der Waals surface area contributed by atoms with Gasteiger partial charge in [0.25, 0.3) is 0 Å². The second-order valence-electron chi connectivity index (χ2n) is 11.9. The van der Waals surface area contributed by atoms with E-state index in [9.17, 15) is 27.5 Å². The molecule has 0 aromatic rings. The summed E-state index contributed by atoms with van der Waals surface area (Å²) in [7, 11) is 0. The van der Waals surface area contributed by atoms with Gasteiger partial charge in [-0.1, -0.05) is 0 Å². The number of rotatable bonds is 8. The van der Waals surface area contributed by atoms with Gasteiger partial charge in [0.1, 0.15) is 31.2 Å². The van der Waals surface area contributed by atoms with E-state index >= 15 is 0 Å². The van der Waals surface area contributed by atoms with E-state index in [-0.39, 0.29) is 56.9 Å². The average Bonchev–Trinajstić information content (AvgIpc) is 3.38. The number of ether oxygens (including phenoxy) is 2. The predicted octanol–water partition coefficient (Wildman–Crippen LogP) is 2.16. The molecule has 4 aliphatic carbocycles. The van der Waals surface area contributed by atoms with Crippen molar-refractivity contribution in [1.82, 2.24) is 21.4 Å². The van der Waals surface area contributed by atoms with Gasteiger partial charge in [-0.2, -0.15) is 18.7 Å². The van der Waals surface area contributed by atoms with E-state index in [0.29, 0.717) is 51.4 Å². The van der Waals surface area contributed by atoms with Gasteiger partial charge in [0.05, 0.1) is 30.3 Å². The fraction of sp³-hybridized carbons (Fsp3) is 0.960. The molecule has 14 heteroatoms. The van der Waals surface area contributed by atoms with Crippen LogP contribution in [0, 0.1) is 5.41 Å². The first kappa shape index (κ1) is 29.7. The van der Waals surface area contributed by atoms with Gasteiger partial charge < -0.3 is 25.2 Å². The Morgan fingerprint density at radius 2 is 1.85 bits per heavy atom. The molecule has 8 unspecified atom stereocenters. The quantitative estimate of drug-likeness (QED) is 0.217. The van der Waals surface area contributed by atoms with E-state index in [1.807, 2.05) is 0 Å². The van der Waals surface area contributed by atoms with Crippen LogP contribution in [-0.2, 0) is 19.1 Å². The van der Waals surface area contributed by atoms with Crippen LogP contribution < -0.4 is 21.4 Å². The van der Waals surface area contributed by atoms with Crippen molar-refractivity contribution in [2.45, 2.75) is 124 Å². The number of alkyl halides is 5. The first-order chi connectivity index (χ1) is 18.5. The van der Waals surface area contributed by atoms with E-state index in [1.165, 1.54) is 0 Å². The second-order valence-corrected chi connectivity index (χ2v) is 12.5. The van der Waals surface area contributed by atoms with Crippen LogP contribution in [0.3, 0.4) is 0 Å². The van der Waals surface area contributed by atoms with Crippen LogP contribution in [0.4, 0.5) is 17.6 Å². The Labute approximate surface area is 230 Å². The van der Waals surface area contributed by atoms with Crippen LogP contribution >= 0.6 is 11.6 Å². The number of amides is 1. The Balaban J connectivity index is 1.05. The number of hydrogen-bond donors (Lipinski definition) is 5. The number of hydroxylamine groups is 1. The summed E-state index contributed by atoms with van der Waals surface area (Å²) < 4.78 is 63.8. The van der Waals surface area contributed by atoms with Gasteiger partial charge in [-0.25, -0.2) is 4.39 Å². The molecule has 2 heterocycles. The molecule has 2 aliphatic heterocycles. The Bertz CT molecular complexity index is 857. The summed E-state index contributed by atoms with van der Waals surface area (Å²) in [5.74, 6) is -0.270. The van der Waals surface area contributed by atoms with E-state index in [4.69, 9.17) is 25.9 Å². The summed E-state index contributed by atoms with van der Waals surface area (Å²) in [6.07, 6.45) is -2.92. The van der Waals surface area contributed by atoms with Crippen LogP contribution in [0.15, 0.2) is 0 Å². The van der Waals surface area contributed by atoms with Gasteiger partial charge in [0.2, 0.25) is 5.91 Å². The summed E-state index contributed by atoms with van der Waals surface area (Å²) in [5, 5.41) is 19.6. The highest BCUT2D eigenvalue weighted by Crippen LogP contribution is 2.54. The van der Waals surface area contributed by atoms with Gasteiger partial charge in [0.15, 0.2) is 0 Å². The highest BCUT2D eigenvalue weighted by molar-refractivity contribution is 6.21. The number of carbonyl (C=O) groups excluding carboxylic acids is 1. The highest BCUT2D eigenvalue weighted by atomic mass is 35.5. The topological polar surface area (TPSA) is 113 Å². The zero-order valence-electron chi connectivity index (χ0n) is 21.8. The van der Waals surface area contributed by atoms with Crippen molar-refractivity contribution in [3.63, 3.8) is 0 Å². The zero-order chi connectivity index (χ0) is 27.8. The van der Waals surface area contributed by atoms with Gasteiger partial charge >= 0.3 is 6.18 Å². The Morgan fingerprint density at radius 3 is 2.49 bits per heavy atom. The van der Waals surface area contributed by atoms with Crippen molar-refractivity contribution in [1.29, 1.82) is 0 Å². The lowest BCUT2D eigenvalue weighted by Gasteiger charge is -2.57. The maximum atomic E-state index is 13.8. The van der Waals surface area contributed by atoms with Crippen LogP contribution in [0.2, 0.25) is 0 Å². The van der Waals surface area contributed by atoms with Crippen molar-refractivity contribution in [2.24, 2.45) is 5.41 Å². The number of piperidine rings is 1. The second kappa shape index (κ2) is 11.8. The molecular weight excluding hydrogens is 548 g/mol. The molecule has 6 fully saturated rings. The molecule has 4 saturated carbocycles. The van der Waals surface area contributed by atoms with Crippen molar-refractivity contribution >= 4 is 17.5 Å². The predicted molar refractivity (Wildman–Crippen MR) is 132 cm³/mol. The largest absolute Gasteiger partial charge is 0.403 e. The molecule has 224 valence electrons. The maximum Gasteiger partial charge on any atom is 0.403 e. The fourth-order valence-corrected chi connectivity index (χ4v) is 7.12. The molecule has 2 saturated heterocycles. The number of nitrogens with one attached hydrogen (secondary N) is 4. The molecule has 1 amide bonds. The van der Waals surface area contributed by atoms with Gasteiger partial charge in [-0.05, 0) is 57.8 Å². The first-order valence-electron chi connectivity index (χ1n) is 14.0. The van der Waals surface area contributed by atoms with Gasteiger partial charge in [-0.3, -0.25) is 14.9 Å². The van der Waals surface area contributed by atoms with Crippen molar-refractivity contribution in [2.75, 3.05) is 19.8 Å². The molecule has 8 atom stereocenters. The monoisotopic (exact) mass is 586 g/mol. The van der Waals surface area contributed by atoms with Crippen LogP contribution in [0.5, 0.6) is 0 Å². The lowest BCUT2D eigenvalue weighted by atomic mass is 9.55. The molecule has 6 rings (SSSR count). The number of hydrogen-bond acceptors (Lipinski definition) is 8. The van der Waals surface area contributed by atoms with Crippen molar-refractivity contribution in [3.8, 4) is 0 Å². The summed E-state index contributed by atoms with van der Waals surface area (Å²) in [6, 6.07) is -1.49. The van der Waals surface area contributed by atoms with E-state index in [0.717, 1.165) is 0 Å². The zero-order valence-corrected chi connectivity index (χ0v) is 22.5. The highest BCUT2D eigenvalue weighted by Gasteiger charge is 2.59. The maximum absolute atomic E-state index is 13.8. The minimum atomic E-state index is -4.25. The normalized spacial score (nSPS) is 44.9. The minimum Gasteiger partial charge on any atom is -0.392 e. The molecule has 0 radical (unpaired) electrons. The summed E-state index contributed by atoms with van der Waals surface area (Å²) in [6.45, 7) is 0.189. The minimum absolute atomic E-state index is 0.0222. The van der Waals surface area contributed by atoms with Crippen LogP contribution in [0.25, 0.3) is 0 Å². The van der Waals surface area contributed by atoms with Gasteiger partial charge in [0, 0.05) is 23.9 Å². The number of halogens is 5. The summed E-state index contributed by atoms with van der Waals surface area (Å²) >= 11 is 5.92. The molecular formula is C25H39ClF4N4O5. The molecule has 2 bridgehead atoms. The Morgan fingerprint density at radius 1 is 1.10 bits per heavy atom. The third-order valence-corrected chi connectivity index (χ3v) is 9.84. The van der Waals surface area contributed by atoms with Crippen LogP contribution in [-0.4, -0.2) is 90.8 Å². The number of aliphatic hydroxyl groups is 1. The average molecular weight is 587 g/mol. The third-order valence-electron chi connectivity index (χ3n) is 9.35. The molecule has 0 aromatic heterocycles. The Hall–Kier alpha value is -0.800. The Kier molecular flexibility index (Phi) is 9.00. The van der Waals surface area contributed by atoms with Crippen molar-refractivity contribution in [3.05, 3.63) is 0 Å². The fourth-order valence-electron chi connectivity index (χ4n) is 6.89. The van der Waals surface area contributed by atoms with E-state index in [1.54, 1.807) is 0 Å². The lowest BCUT2D eigenvalue weighted by molar-refractivity contribution is -0.176. The van der Waals surface area contributed by atoms with Gasteiger partial charge in [-0.15, -0.1) is 11.6 Å². The van der Waals surface area contributed by atoms with E-state index in [2.05, 4.69) is 21.4 Å². The number of aliphatic hydroxyl groups excluding tert-OH is 1.